The van der Waals surface area contributed by atoms with Crippen molar-refractivity contribution in [3.63, 3.8) is 0 Å². The molecule has 3 heterocycles. The predicted molar refractivity (Wildman–Crippen MR) is 125 cm³/mol. The summed E-state index contributed by atoms with van der Waals surface area (Å²) in [4.78, 5) is 8.95. The fraction of sp³-hybridized carbons (Fsp3) is 0.435. The van der Waals surface area contributed by atoms with Gasteiger partial charge in [-0.15, -0.1) is 10.2 Å². The number of hydrogen-bond acceptors (Lipinski definition) is 5. The molecule has 0 amide bonds. The highest BCUT2D eigenvalue weighted by atomic mass is 35.5. The van der Waals surface area contributed by atoms with Crippen LogP contribution in [0.1, 0.15) is 37.1 Å². The number of hydrogen-bond donors (Lipinski definition) is 0. The average molecular weight is 457 g/mol. The second-order valence-corrected chi connectivity index (χ2v) is 9.46. The summed E-state index contributed by atoms with van der Waals surface area (Å²) < 4.78 is 2.20. The summed E-state index contributed by atoms with van der Waals surface area (Å²) in [7, 11) is 4.16. The van der Waals surface area contributed by atoms with Gasteiger partial charge in [0.25, 0.3) is 0 Å². The number of piperidine rings is 1. The highest BCUT2D eigenvalue weighted by Gasteiger charge is 2.50. The predicted octanol–water partition coefficient (Wildman–Crippen LogP) is 4.70. The van der Waals surface area contributed by atoms with E-state index in [0.29, 0.717) is 16.1 Å². The SMILES string of the molecule is CN(c1ncc(Cl)cc1Cl)C1CCN(c2nnc(C3(c4ccccc4)CC3)n2C)CC1. The largest absolute Gasteiger partial charge is 0.355 e. The number of rotatable bonds is 5. The zero-order valence-corrected chi connectivity index (χ0v) is 19.3. The summed E-state index contributed by atoms with van der Waals surface area (Å²) in [5.74, 6) is 2.81. The molecule has 3 aromatic rings. The number of aromatic nitrogens is 4. The van der Waals surface area contributed by atoms with Gasteiger partial charge in [-0.2, -0.15) is 0 Å². The van der Waals surface area contributed by atoms with Crippen molar-refractivity contribution in [2.45, 2.75) is 37.1 Å². The third kappa shape index (κ3) is 3.66. The maximum Gasteiger partial charge on any atom is 0.226 e. The quantitative estimate of drug-likeness (QED) is 0.556. The molecular weight excluding hydrogens is 431 g/mol. The van der Waals surface area contributed by atoms with Crippen LogP contribution in [0.4, 0.5) is 11.8 Å². The van der Waals surface area contributed by atoms with E-state index < -0.39 is 0 Å². The fourth-order valence-electron chi connectivity index (χ4n) is 4.83. The lowest BCUT2D eigenvalue weighted by Gasteiger charge is -2.37. The molecule has 1 saturated carbocycles. The van der Waals surface area contributed by atoms with Crippen molar-refractivity contribution in [3.05, 3.63) is 64.0 Å². The van der Waals surface area contributed by atoms with Gasteiger partial charge < -0.3 is 9.80 Å². The number of pyridine rings is 1. The Bertz CT molecular complexity index is 1070. The van der Waals surface area contributed by atoms with Crippen molar-refractivity contribution >= 4 is 35.0 Å². The van der Waals surface area contributed by atoms with Crippen molar-refractivity contribution in [3.8, 4) is 0 Å². The van der Waals surface area contributed by atoms with E-state index in [0.717, 1.165) is 56.4 Å². The monoisotopic (exact) mass is 456 g/mol. The second kappa shape index (κ2) is 7.99. The average Bonchev–Trinajstić information content (AvgIpc) is 3.50. The van der Waals surface area contributed by atoms with Gasteiger partial charge in [0.05, 0.1) is 15.5 Å². The molecule has 6 nitrogen and oxygen atoms in total. The summed E-state index contributed by atoms with van der Waals surface area (Å²) in [6, 6.07) is 12.8. The molecule has 31 heavy (non-hydrogen) atoms. The third-order valence-electron chi connectivity index (χ3n) is 6.77. The molecule has 1 aliphatic heterocycles. The third-order valence-corrected chi connectivity index (χ3v) is 7.26. The van der Waals surface area contributed by atoms with Gasteiger partial charge in [0.2, 0.25) is 5.95 Å². The van der Waals surface area contributed by atoms with Crippen molar-refractivity contribution in [1.29, 1.82) is 0 Å². The highest BCUT2D eigenvalue weighted by Crippen LogP contribution is 2.53. The van der Waals surface area contributed by atoms with Crippen LogP contribution in [-0.4, -0.2) is 45.9 Å². The standard InChI is InChI=1S/C23H26Cl2N6/c1-29(20-19(25)14-17(24)15-26-20)18-8-12-31(13-9-18)22-28-27-21(30(22)2)23(10-11-23)16-6-4-3-5-7-16/h3-7,14-15,18H,8-13H2,1-2H3. The first-order valence-corrected chi connectivity index (χ1v) is 11.5. The zero-order valence-electron chi connectivity index (χ0n) is 17.8. The van der Waals surface area contributed by atoms with E-state index in [1.165, 1.54) is 5.56 Å². The first kappa shape index (κ1) is 20.6. The van der Waals surface area contributed by atoms with Crippen LogP contribution in [0.2, 0.25) is 10.0 Å². The van der Waals surface area contributed by atoms with Gasteiger partial charge in [-0.25, -0.2) is 4.98 Å². The van der Waals surface area contributed by atoms with Crippen molar-refractivity contribution in [2.75, 3.05) is 29.9 Å². The topological polar surface area (TPSA) is 50.1 Å². The van der Waals surface area contributed by atoms with E-state index in [9.17, 15) is 0 Å². The lowest BCUT2D eigenvalue weighted by molar-refractivity contribution is 0.472. The van der Waals surface area contributed by atoms with Gasteiger partial charge in [-0.05, 0) is 37.3 Å². The molecule has 1 aliphatic carbocycles. The van der Waals surface area contributed by atoms with Crippen LogP contribution >= 0.6 is 23.2 Å². The Morgan fingerprint density at radius 3 is 2.42 bits per heavy atom. The Kier molecular flexibility index (Phi) is 5.30. The molecule has 0 atom stereocenters. The zero-order chi connectivity index (χ0) is 21.6. The number of halogens is 2. The minimum atomic E-state index is 0.0246. The first-order chi connectivity index (χ1) is 15.0. The Hall–Kier alpha value is -2.31. The van der Waals surface area contributed by atoms with Gasteiger partial charge in [-0.1, -0.05) is 53.5 Å². The van der Waals surface area contributed by atoms with Gasteiger partial charge in [0, 0.05) is 39.4 Å². The van der Waals surface area contributed by atoms with E-state index >= 15 is 0 Å². The molecule has 0 N–H and O–H groups in total. The molecule has 0 unspecified atom stereocenters. The van der Waals surface area contributed by atoms with Gasteiger partial charge in [-0.3, -0.25) is 4.57 Å². The lowest BCUT2D eigenvalue weighted by atomic mass is 9.95. The molecule has 0 spiro atoms. The van der Waals surface area contributed by atoms with Crippen molar-refractivity contribution in [1.82, 2.24) is 19.7 Å². The minimum Gasteiger partial charge on any atom is -0.355 e. The van der Waals surface area contributed by atoms with E-state index in [1.807, 2.05) is 0 Å². The molecule has 5 rings (SSSR count). The van der Waals surface area contributed by atoms with Crippen LogP contribution in [-0.2, 0) is 12.5 Å². The van der Waals surface area contributed by atoms with Crippen LogP contribution in [0, 0.1) is 0 Å². The fourth-order valence-corrected chi connectivity index (χ4v) is 5.34. The van der Waals surface area contributed by atoms with E-state index in [4.69, 9.17) is 23.2 Å². The van der Waals surface area contributed by atoms with Crippen molar-refractivity contribution < 1.29 is 0 Å². The molecule has 2 aliphatic rings. The summed E-state index contributed by atoms with van der Waals surface area (Å²) in [6.07, 6.45) is 5.91. The van der Waals surface area contributed by atoms with Gasteiger partial charge in [0.15, 0.2) is 0 Å². The summed E-state index contributed by atoms with van der Waals surface area (Å²) >= 11 is 12.4. The molecule has 8 heteroatoms. The molecule has 0 bridgehead atoms. The molecule has 2 aromatic heterocycles. The molecular formula is C23H26Cl2N6. The molecule has 1 aromatic carbocycles. The molecule has 2 fully saturated rings. The number of nitrogens with zero attached hydrogens (tertiary/aromatic N) is 6. The first-order valence-electron chi connectivity index (χ1n) is 10.7. The van der Waals surface area contributed by atoms with Crippen molar-refractivity contribution in [2.24, 2.45) is 7.05 Å². The Morgan fingerprint density at radius 1 is 1.06 bits per heavy atom. The van der Waals surface area contributed by atoms with Crippen LogP contribution < -0.4 is 9.80 Å². The minimum absolute atomic E-state index is 0.0246. The van der Waals surface area contributed by atoms with E-state index in [-0.39, 0.29) is 5.41 Å². The summed E-state index contributed by atoms with van der Waals surface area (Å²) in [5.41, 5.74) is 1.36. The van der Waals surface area contributed by atoms with E-state index in [1.54, 1.807) is 12.3 Å². The van der Waals surface area contributed by atoms with Crippen LogP contribution in [0.5, 0.6) is 0 Å². The Morgan fingerprint density at radius 2 is 1.77 bits per heavy atom. The number of anilines is 2. The summed E-state index contributed by atoms with van der Waals surface area (Å²) in [5, 5.41) is 10.4. The molecule has 1 saturated heterocycles. The normalized spacial score (nSPS) is 18.3. The summed E-state index contributed by atoms with van der Waals surface area (Å²) in [6.45, 7) is 1.84. The van der Waals surface area contributed by atoms with Crippen LogP contribution in [0.25, 0.3) is 0 Å². The second-order valence-electron chi connectivity index (χ2n) is 8.62. The maximum absolute atomic E-state index is 6.37. The lowest BCUT2D eigenvalue weighted by Crippen LogP contribution is -2.44. The van der Waals surface area contributed by atoms with Gasteiger partial charge in [0.1, 0.15) is 11.6 Å². The van der Waals surface area contributed by atoms with Crippen LogP contribution in [0.15, 0.2) is 42.6 Å². The Labute approximate surface area is 192 Å². The Balaban J connectivity index is 1.30. The highest BCUT2D eigenvalue weighted by molar-refractivity contribution is 6.36. The maximum atomic E-state index is 6.37. The van der Waals surface area contributed by atoms with Crippen LogP contribution in [0.3, 0.4) is 0 Å². The number of benzene rings is 1. The van der Waals surface area contributed by atoms with Gasteiger partial charge >= 0.3 is 0 Å². The molecule has 0 radical (unpaired) electrons. The van der Waals surface area contributed by atoms with E-state index in [2.05, 4.69) is 74.0 Å². The molecule has 162 valence electrons. The smallest absolute Gasteiger partial charge is 0.226 e.